The van der Waals surface area contributed by atoms with Crippen molar-refractivity contribution in [1.82, 2.24) is 15.0 Å². The van der Waals surface area contributed by atoms with Gasteiger partial charge in [-0.15, -0.1) is 0 Å². The van der Waals surface area contributed by atoms with Gasteiger partial charge < -0.3 is 29.9 Å². The van der Waals surface area contributed by atoms with Crippen molar-refractivity contribution in [2.75, 3.05) is 23.3 Å². The lowest BCUT2D eigenvalue weighted by atomic mass is 10.1. The third-order valence-corrected chi connectivity index (χ3v) is 6.17. The Morgan fingerprint density at radius 2 is 2.03 bits per heavy atom. The summed E-state index contributed by atoms with van der Waals surface area (Å²) in [5.41, 5.74) is 0.644. The molecule has 1 atom stereocenters. The molecular weight excluding hydrogens is 486 g/mol. The maximum atomic E-state index is 11.0. The van der Waals surface area contributed by atoms with Crippen molar-refractivity contribution < 1.29 is 24.5 Å². The number of carboxylic acids is 1. The fourth-order valence-electron chi connectivity index (χ4n) is 4.41. The zero-order valence-corrected chi connectivity index (χ0v) is 20.8. The highest BCUT2D eigenvalue weighted by molar-refractivity contribution is 5.70. The summed E-state index contributed by atoms with van der Waals surface area (Å²) >= 11 is 0. The first kappa shape index (κ1) is 25.1. The van der Waals surface area contributed by atoms with Crippen LogP contribution >= 0.6 is 0 Å². The van der Waals surface area contributed by atoms with Gasteiger partial charge in [-0.2, -0.15) is 4.98 Å². The van der Waals surface area contributed by atoms with Gasteiger partial charge in [0.2, 0.25) is 5.88 Å². The third-order valence-electron chi connectivity index (χ3n) is 6.17. The highest BCUT2D eigenvalue weighted by Gasteiger charge is 2.24. The zero-order valence-electron chi connectivity index (χ0n) is 20.8. The number of benzene rings is 1. The molecule has 38 heavy (non-hydrogen) atoms. The number of carbonyl (C=O) groups is 1. The minimum absolute atomic E-state index is 0.0495. The average molecular weight is 516 g/mol. The van der Waals surface area contributed by atoms with Crippen LogP contribution in [0.5, 0.6) is 11.6 Å². The van der Waals surface area contributed by atoms with Gasteiger partial charge in [0.25, 0.3) is 0 Å². The van der Waals surface area contributed by atoms with Crippen LogP contribution < -0.4 is 15.0 Å². The molecule has 0 spiro atoms. The van der Waals surface area contributed by atoms with Gasteiger partial charge in [-0.1, -0.05) is 24.3 Å². The average Bonchev–Trinajstić information content (AvgIpc) is 2.90. The summed E-state index contributed by atoms with van der Waals surface area (Å²) in [7, 11) is 0. The Bertz CT molecular complexity index is 1360. The first-order valence-electron chi connectivity index (χ1n) is 12.6. The van der Waals surface area contributed by atoms with E-state index < -0.39 is 5.97 Å². The fraction of sp³-hybridized carbons (Fsp3) is 0.286. The number of nitrogens with zero attached hydrogens (tertiary/aromatic N) is 4. The van der Waals surface area contributed by atoms with Gasteiger partial charge in [0.15, 0.2) is 11.6 Å². The lowest BCUT2D eigenvalue weighted by molar-refractivity contribution is -0.136. The number of carboxylic acid groups (broad SMARTS) is 1. The van der Waals surface area contributed by atoms with Crippen molar-refractivity contribution in [2.45, 2.75) is 38.2 Å². The number of pyridine rings is 1. The molecule has 0 saturated carbocycles. The molecule has 0 bridgehead atoms. The lowest BCUT2D eigenvalue weighted by Crippen LogP contribution is -2.40. The van der Waals surface area contributed by atoms with E-state index in [0.29, 0.717) is 53.3 Å². The molecule has 1 aliphatic heterocycles. The molecule has 1 unspecified atom stereocenters. The smallest absolute Gasteiger partial charge is 0.307 e. The molecule has 2 aromatic heterocycles. The molecule has 3 N–H and O–H groups in total. The second-order valence-electron chi connectivity index (χ2n) is 9.15. The second kappa shape index (κ2) is 11.6. The van der Waals surface area contributed by atoms with Crippen LogP contribution in [0.1, 0.15) is 31.2 Å². The topological polar surface area (TPSA) is 130 Å². The Hall–Kier alpha value is -4.60. The summed E-state index contributed by atoms with van der Waals surface area (Å²) in [6.45, 7) is 1.48. The molecule has 0 radical (unpaired) electrons. The Balaban J connectivity index is 1.24. The van der Waals surface area contributed by atoms with Crippen molar-refractivity contribution >= 4 is 23.4 Å². The SMILES string of the molecule is O=C(O)Cc1cccc(Oc2cccc(Nc3cncc(N4CCCC(OC5=C(O)CCC=C5)C4)n3)n2)c1. The van der Waals surface area contributed by atoms with Crippen molar-refractivity contribution in [3.05, 3.63) is 84.1 Å². The molecule has 10 heteroatoms. The molecule has 1 aliphatic carbocycles. The monoisotopic (exact) mass is 515 g/mol. The van der Waals surface area contributed by atoms with Crippen molar-refractivity contribution in [3.8, 4) is 11.6 Å². The molecule has 10 nitrogen and oxygen atoms in total. The second-order valence-corrected chi connectivity index (χ2v) is 9.15. The number of nitrogens with one attached hydrogen (secondary N) is 1. The number of rotatable bonds is 9. The Morgan fingerprint density at radius 1 is 1.13 bits per heavy atom. The van der Waals surface area contributed by atoms with Gasteiger partial charge in [0.1, 0.15) is 29.2 Å². The minimum atomic E-state index is -0.902. The van der Waals surface area contributed by atoms with E-state index in [1.54, 1.807) is 54.9 Å². The van der Waals surface area contributed by atoms with Crippen LogP contribution in [-0.4, -0.2) is 50.3 Å². The number of aliphatic hydroxyl groups is 1. The van der Waals surface area contributed by atoms with Crippen molar-refractivity contribution in [2.24, 2.45) is 0 Å². The summed E-state index contributed by atoms with van der Waals surface area (Å²) in [6, 6.07) is 12.2. The van der Waals surface area contributed by atoms with E-state index >= 15 is 0 Å². The molecule has 1 saturated heterocycles. The Labute approximate surface area is 220 Å². The van der Waals surface area contributed by atoms with Gasteiger partial charge in [0, 0.05) is 19.0 Å². The molecule has 1 aromatic carbocycles. The molecule has 0 amide bonds. The summed E-state index contributed by atoms with van der Waals surface area (Å²) < 4.78 is 11.9. The molecule has 3 aromatic rings. The maximum absolute atomic E-state index is 11.0. The normalized spacial score (nSPS) is 17.3. The minimum Gasteiger partial charge on any atom is -0.508 e. The quantitative estimate of drug-likeness (QED) is 0.352. The maximum Gasteiger partial charge on any atom is 0.307 e. The van der Waals surface area contributed by atoms with Crippen LogP contribution in [0.4, 0.5) is 17.5 Å². The summed E-state index contributed by atoms with van der Waals surface area (Å²) in [4.78, 5) is 26.7. The highest BCUT2D eigenvalue weighted by Crippen LogP contribution is 2.26. The van der Waals surface area contributed by atoms with E-state index in [4.69, 9.17) is 19.6 Å². The van der Waals surface area contributed by atoms with Gasteiger partial charge in [-0.05, 0) is 49.1 Å². The largest absolute Gasteiger partial charge is 0.508 e. The number of piperidine rings is 1. The lowest BCUT2D eigenvalue weighted by Gasteiger charge is -2.34. The number of allylic oxidation sites excluding steroid dienone is 3. The van der Waals surface area contributed by atoms with Crippen LogP contribution in [-0.2, 0) is 16.0 Å². The van der Waals surface area contributed by atoms with Crippen LogP contribution in [0.15, 0.2) is 78.5 Å². The Morgan fingerprint density at radius 3 is 2.89 bits per heavy atom. The van der Waals surface area contributed by atoms with Crippen molar-refractivity contribution in [3.63, 3.8) is 0 Å². The molecular formula is C28H29N5O5. The van der Waals surface area contributed by atoms with Crippen LogP contribution in [0.3, 0.4) is 0 Å². The van der Waals surface area contributed by atoms with Gasteiger partial charge in [-0.25, -0.2) is 4.98 Å². The van der Waals surface area contributed by atoms with Gasteiger partial charge in [-0.3, -0.25) is 9.78 Å². The predicted molar refractivity (Wildman–Crippen MR) is 142 cm³/mol. The number of ether oxygens (including phenoxy) is 2. The molecule has 196 valence electrons. The summed E-state index contributed by atoms with van der Waals surface area (Å²) in [5.74, 6) is 2.62. The molecule has 2 aliphatic rings. The van der Waals surface area contributed by atoms with E-state index in [1.807, 2.05) is 12.2 Å². The van der Waals surface area contributed by atoms with E-state index in [1.165, 1.54) is 0 Å². The van der Waals surface area contributed by atoms with Gasteiger partial charge in [0.05, 0.1) is 25.4 Å². The zero-order chi connectivity index (χ0) is 26.3. The number of aliphatic carboxylic acids is 1. The first-order chi connectivity index (χ1) is 18.5. The fourth-order valence-corrected chi connectivity index (χ4v) is 4.41. The number of aliphatic hydroxyl groups excluding tert-OH is 1. The summed E-state index contributed by atoms with van der Waals surface area (Å²) in [5, 5.41) is 22.3. The van der Waals surface area contributed by atoms with Crippen LogP contribution in [0.25, 0.3) is 0 Å². The van der Waals surface area contributed by atoms with E-state index in [2.05, 4.69) is 20.2 Å². The van der Waals surface area contributed by atoms with E-state index in [-0.39, 0.29) is 12.5 Å². The van der Waals surface area contributed by atoms with Crippen LogP contribution in [0, 0.1) is 0 Å². The number of hydrogen-bond acceptors (Lipinski definition) is 9. The highest BCUT2D eigenvalue weighted by atomic mass is 16.5. The molecule has 5 rings (SSSR count). The predicted octanol–water partition coefficient (Wildman–Crippen LogP) is 5.14. The summed E-state index contributed by atoms with van der Waals surface area (Å²) in [6.07, 6.45) is 10.4. The van der Waals surface area contributed by atoms with E-state index in [0.717, 1.165) is 31.6 Å². The van der Waals surface area contributed by atoms with Crippen molar-refractivity contribution in [1.29, 1.82) is 0 Å². The molecule has 3 heterocycles. The van der Waals surface area contributed by atoms with E-state index in [9.17, 15) is 9.90 Å². The van der Waals surface area contributed by atoms with Crippen LogP contribution in [0.2, 0.25) is 0 Å². The number of anilines is 3. The number of aromatic nitrogens is 3. The molecule has 1 fully saturated rings. The Kier molecular flexibility index (Phi) is 7.67. The number of hydrogen-bond donors (Lipinski definition) is 3. The standard InChI is InChI=1S/C28H29N5O5/c34-22-9-1-2-10-23(22)37-21-8-5-13-33(18-21)26-17-29-16-25(31-26)30-24-11-4-12-27(32-24)38-20-7-3-6-19(14-20)15-28(35)36/h2-4,6-7,10-12,14,16-17,21,34H,1,5,8-9,13,15,18H2,(H,35,36)(H,30,31,32). The first-order valence-corrected chi connectivity index (χ1v) is 12.6. The van der Waals surface area contributed by atoms with Gasteiger partial charge >= 0.3 is 5.97 Å². The third kappa shape index (κ3) is 6.58.